The third-order valence-corrected chi connectivity index (χ3v) is 4.74. The van der Waals surface area contributed by atoms with Crippen molar-refractivity contribution >= 4 is 22.6 Å². The molecule has 3 N–H and O–H groups in total. The zero-order valence-corrected chi connectivity index (χ0v) is 16.1. The van der Waals surface area contributed by atoms with E-state index in [9.17, 15) is 4.79 Å². The molecule has 29 heavy (non-hydrogen) atoms. The Hall–Kier alpha value is -3.67. The SMILES string of the molecule is O=C(NCCCc1ccccn1)c1ccc(NCc2ccc3cc[nH]c3c2)nc1. The summed E-state index contributed by atoms with van der Waals surface area (Å²) < 4.78 is 0. The molecule has 3 heterocycles. The van der Waals surface area contributed by atoms with Gasteiger partial charge in [-0.15, -0.1) is 0 Å². The van der Waals surface area contributed by atoms with E-state index in [1.165, 1.54) is 5.39 Å². The Morgan fingerprint density at radius 3 is 2.83 bits per heavy atom. The number of amides is 1. The lowest BCUT2D eigenvalue weighted by atomic mass is 10.1. The number of H-pyrrole nitrogens is 1. The highest BCUT2D eigenvalue weighted by Crippen LogP contribution is 2.15. The van der Waals surface area contributed by atoms with Crippen LogP contribution in [0.3, 0.4) is 0 Å². The number of aromatic amines is 1. The van der Waals surface area contributed by atoms with E-state index in [1.807, 2.05) is 30.5 Å². The van der Waals surface area contributed by atoms with Gasteiger partial charge in [-0.05, 0) is 60.2 Å². The molecular formula is C23H23N5O. The molecule has 6 nitrogen and oxygen atoms in total. The number of carbonyl (C=O) groups is 1. The predicted octanol–water partition coefficient (Wildman–Crippen LogP) is 3.93. The van der Waals surface area contributed by atoms with Crippen molar-refractivity contribution in [2.75, 3.05) is 11.9 Å². The summed E-state index contributed by atoms with van der Waals surface area (Å²) in [4.78, 5) is 24.1. The molecule has 3 aromatic heterocycles. The van der Waals surface area contributed by atoms with Crippen LogP contribution in [0.2, 0.25) is 0 Å². The number of carbonyl (C=O) groups excluding carboxylic acids is 1. The molecule has 0 radical (unpaired) electrons. The van der Waals surface area contributed by atoms with Crippen molar-refractivity contribution in [3.63, 3.8) is 0 Å². The number of rotatable bonds is 8. The van der Waals surface area contributed by atoms with E-state index in [-0.39, 0.29) is 5.91 Å². The molecule has 0 unspecified atom stereocenters. The van der Waals surface area contributed by atoms with Crippen LogP contribution in [0.5, 0.6) is 0 Å². The Bertz CT molecular complexity index is 1070. The fourth-order valence-electron chi connectivity index (χ4n) is 3.15. The van der Waals surface area contributed by atoms with Gasteiger partial charge in [0.25, 0.3) is 5.91 Å². The molecule has 0 saturated carbocycles. The van der Waals surface area contributed by atoms with E-state index in [1.54, 1.807) is 18.5 Å². The summed E-state index contributed by atoms with van der Waals surface area (Å²) in [5.41, 5.74) is 3.87. The number of hydrogen-bond acceptors (Lipinski definition) is 4. The molecule has 0 atom stereocenters. The van der Waals surface area contributed by atoms with Crippen LogP contribution in [-0.2, 0) is 13.0 Å². The van der Waals surface area contributed by atoms with Crippen LogP contribution in [0, 0.1) is 0 Å². The summed E-state index contributed by atoms with van der Waals surface area (Å²) in [7, 11) is 0. The van der Waals surface area contributed by atoms with Crippen molar-refractivity contribution in [3.8, 4) is 0 Å². The summed E-state index contributed by atoms with van der Waals surface area (Å²) in [6.45, 7) is 1.28. The van der Waals surface area contributed by atoms with Gasteiger partial charge in [-0.2, -0.15) is 0 Å². The quantitative estimate of drug-likeness (QED) is 0.401. The largest absolute Gasteiger partial charge is 0.366 e. The maximum atomic E-state index is 12.3. The maximum Gasteiger partial charge on any atom is 0.252 e. The van der Waals surface area contributed by atoms with Gasteiger partial charge in [-0.1, -0.05) is 18.2 Å². The van der Waals surface area contributed by atoms with Gasteiger partial charge in [0.15, 0.2) is 0 Å². The second kappa shape index (κ2) is 9.01. The Morgan fingerprint density at radius 2 is 2.00 bits per heavy atom. The first-order chi connectivity index (χ1) is 14.3. The first-order valence-electron chi connectivity index (χ1n) is 9.72. The van der Waals surface area contributed by atoms with Crippen LogP contribution in [0.4, 0.5) is 5.82 Å². The molecule has 146 valence electrons. The third kappa shape index (κ3) is 4.99. The van der Waals surface area contributed by atoms with E-state index in [4.69, 9.17) is 0 Å². The van der Waals surface area contributed by atoms with Crippen molar-refractivity contribution in [1.29, 1.82) is 0 Å². The summed E-state index contributed by atoms with van der Waals surface area (Å²) in [6, 6.07) is 17.8. The van der Waals surface area contributed by atoms with E-state index in [0.717, 1.165) is 35.4 Å². The minimum absolute atomic E-state index is 0.109. The molecule has 6 heteroatoms. The smallest absolute Gasteiger partial charge is 0.252 e. The van der Waals surface area contributed by atoms with Crippen molar-refractivity contribution in [1.82, 2.24) is 20.3 Å². The Balaban J connectivity index is 1.24. The minimum atomic E-state index is -0.109. The molecule has 0 fully saturated rings. The fraction of sp³-hybridized carbons (Fsp3) is 0.174. The summed E-state index contributed by atoms with van der Waals surface area (Å²) >= 11 is 0. The zero-order valence-electron chi connectivity index (χ0n) is 16.1. The van der Waals surface area contributed by atoms with Crippen molar-refractivity contribution in [2.45, 2.75) is 19.4 Å². The first kappa shape index (κ1) is 18.7. The normalized spacial score (nSPS) is 10.8. The molecule has 1 amide bonds. The van der Waals surface area contributed by atoms with Crippen LogP contribution in [-0.4, -0.2) is 27.4 Å². The van der Waals surface area contributed by atoms with Crippen LogP contribution in [0.1, 0.15) is 28.0 Å². The number of aryl methyl sites for hydroxylation is 1. The number of nitrogens with one attached hydrogen (secondary N) is 3. The Morgan fingerprint density at radius 1 is 1.03 bits per heavy atom. The van der Waals surface area contributed by atoms with Gasteiger partial charge in [-0.3, -0.25) is 9.78 Å². The van der Waals surface area contributed by atoms with Crippen molar-refractivity contribution < 1.29 is 4.79 Å². The molecule has 0 spiro atoms. The molecule has 0 aliphatic carbocycles. The highest BCUT2D eigenvalue weighted by Gasteiger charge is 2.06. The monoisotopic (exact) mass is 385 g/mol. The highest BCUT2D eigenvalue weighted by molar-refractivity contribution is 5.94. The van der Waals surface area contributed by atoms with Crippen LogP contribution >= 0.6 is 0 Å². The van der Waals surface area contributed by atoms with Gasteiger partial charge in [0.2, 0.25) is 0 Å². The average Bonchev–Trinajstić information content (AvgIpc) is 3.24. The average molecular weight is 385 g/mol. The third-order valence-electron chi connectivity index (χ3n) is 4.74. The standard InChI is InChI=1S/C23H23N5O/c29-23(26-12-3-5-20-4-1-2-11-24-20)19-8-9-22(28-16-19)27-15-17-6-7-18-10-13-25-21(18)14-17/h1-2,4,6-11,13-14,16,25H,3,5,12,15H2,(H,26,29)(H,27,28). The van der Waals surface area contributed by atoms with Gasteiger partial charge < -0.3 is 15.6 Å². The number of pyridine rings is 2. The predicted molar refractivity (Wildman–Crippen MR) is 115 cm³/mol. The minimum Gasteiger partial charge on any atom is -0.366 e. The number of aromatic nitrogens is 3. The first-order valence-corrected chi connectivity index (χ1v) is 9.72. The summed E-state index contributed by atoms with van der Waals surface area (Å²) in [5.74, 6) is 0.630. The number of anilines is 1. The Labute approximate surface area is 169 Å². The molecule has 1 aromatic carbocycles. The molecule has 4 aromatic rings. The van der Waals surface area contributed by atoms with Crippen LogP contribution in [0.15, 0.2) is 73.2 Å². The van der Waals surface area contributed by atoms with E-state index >= 15 is 0 Å². The van der Waals surface area contributed by atoms with Gasteiger partial charge >= 0.3 is 0 Å². The molecule has 0 saturated heterocycles. The fourth-order valence-corrected chi connectivity index (χ4v) is 3.15. The Kier molecular flexibility index (Phi) is 5.81. The van der Waals surface area contributed by atoms with Crippen molar-refractivity contribution in [3.05, 3.63) is 90.0 Å². The maximum absolute atomic E-state index is 12.3. The lowest BCUT2D eigenvalue weighted by Gasteiger charge is -2.08. The van der Waals surface area contributed by atoms with Crippen LogP contribution in [0.25, 0.3) is 10.9 Å². The van der Waals surface area contributed by atoms with Gasteiger partial charge in [-0.25, -0.2) is 4.98 Å². The van der Waals surface area contributed by atoms with Crippen LogP contribution < -0.4 is 10.6 Å². The molecular weight excluding hydrogens is 362 g/mol. The number of nitrogens with zero attached hydrogens (tertiary/aromatic N) is 2. The zero-order chi connectivity index (χ0) is 19.9. The topological polar surface area (TPSA) is 82.7 Å². The summed E-state index contributed by atoms with van der Waals surface area (Å²) in [5, 5.41) is 7.42. The second-order valence-electron chi connectivity index (χ2n) is 6.87. The molecule has 0 aliphatic rings. The second-order valence-corrected chi connectivity index (χ2v) is 6.87. The van der Waals surface area contributed by atoms with Gasteiger partial charge in [0, 0.05) is 42.9 Å². The van der Waals surface area contributed by atoms with Gasteiger partial charge in [0.1, 0.15) is 5.82 Å². The number of fused-ring (bicyclic) bond motifs is 1. The lowest BCUT2D eigenvalue weighted by Crippen LogP contribution is -2.25. The van der Waals surface area contributed by atoms with Crippen molar-refractivity contribution in [2.24, 2.45) is 0 Å². The van der Waals surface area contributed by atoms with Gasteiger partial charge in [0.05, 0.1) is 5.56 Å². The molecule has 4 rings (SSSR count). The number of hydrogen-bond donors (Lipinski definition) is 3. The highest BCUT2D eigenvalue weighted by atomic mass is 16.1. The lowest BCUT2D eigenvalue weighted by molar-refractivity contribution is 0.0953. The molecule has 0 bridgehead atoms. The summed E-state index contributed by atoms with van der Waals surface area (Å²) in [6.07, 6.45) is 7.02. The molecule has 0 aliphatic heterocycles. The van der Waals surface area contributed by atoms with E-state index in [0.29, 0.717) is 18.7 Å². The number of benzene rings is 1. The van der Waals surface area contributed by atoms with E-state index < -0.39 is 0 Å². The van der Waals surface area contributed by atoms with E-state index in [2.05, 4.69) is 49.9 Å².